The van der Waals surface area contributed by atoms with Crippen molar-refractivity contribution in [3.8, 4) is 11.3 Å². The molecule has 0 aliphatic rings. The standard InChI is InChI=1S/C11H15N5/c1-4-9-5-10(8-6-12-13-7-8)15-11(14-9)16(2)3/h5-7H,4H2,1-3H3,(H,12,13). The number of aromatic nitrogens is 4. The van der Waals surface area contributed by atoms with Crippen LogP contribution in [0.3, 0.4) is 0 Å². The Hall–Kier alpha value is -1.91. The van der Waals surface area contributed by atoms with Crippen LogP contribution in [0.5, 0.6) is 0 Å². The van der Waals surface area contributed by atoms with E-state index >= 15 is 0 Å². The molecule has 0 aliphatic heterocycles. The van der Waals surface area contributed by atoms with Crippen molar-refractivity contribution in [2.45, 2.75) is 13.3 Å². The van der Waals surface area contributed by atoms with Gasteiger partial charge in [-0.15, -0.1) is 0 Å². The normalized spacial score (nSPS) is 10.4. The van der Waals surface area contributed by atoms with Gasteiger partial charge in [0.25, 0.3) is 0 Å². The molecule has 2 aromatic heterocycles. The Bertz CT molecular complexity index is 461. The van der Waals surface area contributed by atoms with E-state index in [0.29, 0.717) is 0 Å². The SMILES string of the molecule is CCc1cc(-c2cn[nH]c2)nc(N(C)C)n1. The molecule has 0 amide bonds. The lowest BCUT2D eigenvalue weighted by Gasteiger charge is -2.12. The van der Waals surface area contributed by atoms with E-state index in [1.165, 1.54) is 0 Å². The van der Waals surface area contributed by atoms with Gasteiger partial charge in [-0.05, 0) is 12.5 Å². The molecule has 0 aromatic carbocycles. The lowest BCUT2D eigenvalue weighted by molar-refractivity contribution is 0.943. The number of H-pyrrole nitrogens is 1. The van der Waals surface area contributed by atoms with Crippen LogP contribution in [0.1, 0.15) is 12.6 Å². The minimum atomic E-state index is 0.732. The van der Waals surface area contributed by atoms with Gasteiger partial charge in [-0.2, -0.15) is 5.10 Å². The fourth-order valence-corrected chi connectivity index (χ4v) is 1.40. The van der Waals surface area contributed by atoms with Gasteiger partial charge < -0.3 is 4.90 Å². The molecule has 0 unspecified atom stereocenters. The highest BCUT2D eigenvalue weighted by Crippen LogP contribution is 2.18. The summed E-state index contributed by atoms with van der Waals surface area (Å²) in [5.74, 6) is 0.732. The molecule has 84 valence electrons. The summed E-state index contributed by atoms with van der Waals surface area (Å²) >= 11 is 0. The molecule has 5 heteroatoms. The summed E-state index contributed by atoms with van der Waals surface area (Å²) < 4.78 is 0. The van der Waals surface area contributed by atoms with E-state index in [1.807, 2.05) is 31.3 Å². The van der Waals surface area contributed by atoms with Crippen LogP contribution in [0.25, 0.3) is 11.3 Å². The van der Waals surface area contributed by atoms with Crippen LogP contribution in [0.15, 0.2) is 18.5 Å². The average Bonchev–Trinajstić information content (AvgIpc) is 2.81. The van der Waals surface area contributed by atoms with Crippen molar-refractivity contribution in [1.82, 2.24) is 20.2 Å². The Balaban J connectivity index is 2.49. The summed E-state index contributed by atoms with van der Waals surface area (Å²) in [7, 11) is 3.88. The second kappa shape index (κ2) is 4.30. The number of hydrogen-bond acceptors (Lipinski definition) is 4. The van der Waals surface area contributed by atoms with E-state index < -0.39 is 0 Å². The van der Waals surface area contributed by atoms with Crippen molar-refractivity contribution in [3.05, 3.63) is 24.2 Å². The van der Waals surface area contributed by atoms with E-state index in [0.717, 1.165) is 29.3 Å². The van der Waals surface area contributed by atoms with E-state index in [9.17, 15) is 0 Å². The third kappa shape index (κ3) is 2.03. The van der Waals surface area contributed by atoms with E-state index in [1.54, 1.807) is 6.20 Å². The topological polar surface area (TPSA) is 57.7 Å². The minimum Gasteiger partial charge on any atom is -0.347 e. The summed E-state index contributed by atoms with van der Waals surface area (Å²) in [4.78, 5) is 10.8. The molecule has 2 aromatic rings. The van der Waals surface area contributed by atoms with E-state index in [-0.39, 0.29) is 0 Å². The highest BCUT2D eigenvalue weighted by Gasteiger charge is 2.07. The van der Waals surface area contributed by atoms with Gasteiger partial charge in [0.2, 0.25) is 5.95 Å². The molecule has 2 rings (SSSR count). The van der Waals surface area contributed by atoms with Crippen molar-refractivity contribution < 1.29 is 0 Å². The van der Waals surface area contributed by atoms with Crippen molar-refractivity contribution in [1.29, 1.82) is 0 Å². The third-order valence-corrected chi connectivity index (χ3v) is 2.32. The number of anilines is 1. The Morgan fingerprint density at radius 2 is 2.12 bits per heavy atom. The first kappa shape index (κ1) is 10.6. The molecule has 0 radical (unpaired) electrons. The summed E-state index contributed by atoms with van der Waals surface area (Å²) in [6.45, 7) is 2.08. The smallest absolute Gasteiger partial charge is 0.225 e. The molecule has 0 bridgehead atoms. The molecule has 0 saturated carbocycles. The van der Waals surface area contributed by atoms with Gasteiger partial charge in [-0.1, -0.05) is 6.92 Å². The largest absolute Gasteiger partial charge is 0.347 e. The number of rotatable bonds is 3. The molecule has 0 aliphatic carbocycles. The monoisotopic (exact) mass is 217 g/mol. The summed E-state index contributed by atoms with van der Waals surface area (Å²) in [5, 5.41) is 6.72. The predicted molar refractivity (Wildman–Crippen MR) is 63.3 cm³/mol. The molecule has 0 saturated heterocycles. The van der Waals surface area contributed by atoms with E-state index in [4.69, 9.17) is 0 Å². The molecule has 0 fully saturated rings. The number of nitrogens with one attached hydrogen (secondary N) is 1. The number of hydrogen-bond donors (Lipinski definition) is 1. The highest BCUT2D eigenvalue weighted by atomic mass is 15.2. The summed E-state index contributed by atoms with van der Waals surface area (Å²) in [6.07, 6.45) is 4.50. The van der Waals surface area contributed by atoms with Crippen molar-refractivity contribution in [3.63, 3.8) is 0 Å². The van der Waals surface area contributed by atoms with Crippen molar-refractivity contribution in [2.24, 2.45) is 0 Å². The van der Waals surface area contributed by atoms with Crippen LogP contribution in [0, 0.1) is 0 Å². The maximum atomic E-state index is 4.48. The van der Waals surface area contributed by atoms with Gasteiger partial charge in [0.05, 0.1) is 11.9 Å². The molecule has 0 atom stereocenters. The van der Waals surface area contributed by atoms with E-state index in [2.05, 4.69) is 27.1 Å². The van der Waals surface area contributed by atoms with Gasteiger partial charge in [0, 0.05) is 31.5 Å². The molecule has 1 N–H and O–H groups in total. The van der Waals surface area contributed by atoms with Gasteiger partial charge in [0.1, 0.15) is 0 Å². The quantitative estimate of drug-likeness (QED) is 0.846. The van der Waals surface area contributed by atoms with Crippen LogP contribution in [-0.4, -0.2) is 34.3 Å². The van der Waals surface area contributed by atoms with Gasteiger partial charge in [-0.25, -0.2) is 9.97 Å². The fourth-order valence-electron chi connectivity index (χ4n) is 1.40. The first-order chi connectivity index (χ1) is 7.70. The first-order valence-electron chi connectivity index (χ1n) is 5.25. The predicted octanol–water partition coefficient (Wildman–Crippen LogP) is 1.50. The Morgan fingerprint density at radius 3 is 2.69 bits per heavy atom. The zero-order valence-corrected chi connectivity index (χ0v) is 9.73. The average molecular weight is 217 g/mol. The number of aryl methyl sites for hydroxylation is 1. The van der Waals surface area contributed by atoms with Crippen LogP contribution >= 0.6 is 0 Å². The van der Waals surface area contributed by atoms with Crippen LogP contribution in [-0.2, 0) is 6.42 Å². The van der Waals surface area contributed by atoms with Crippen LogP contribution < -0.4 is 4.90 Å². The Kier molecular flexibility index (Phi) is 2.85. The molecule has 0 spiro atoms. The van der Waals surface area contributed by atoms with Crippen molar-refractivity contribution >= 4 is 5.95 Å². The zero-order valence-electron chi connectivity index (χ0n) is 9.73. The summed E-state index contributed by atoms with van der Waals surface area (Å²) in [5.41, 5.74) is 2.93. The minimum absolute atomic E-state index is 0.732. The van der Waals surface area contributed by atoms with Crippen LogP contribution in [0.4, 0.5) is 5.95 Å². The van der Waals surface area contributed by atoms with Gasteiger partial charge >= 0.3 is 0 Å². The molecule has 2 heterocycles. The van der Waals surface area contributed by atoms with Gasteiger partial charge in [0.15, 0.2) is 0 Å². The Morgan fingerprint density at radius 1 is 1.31 bits per heavy atom. The maximum Gasteiger partial charge on any atom is 0.225 e. The molecule has 5 nitrogen and oxygen atoms in total. The van der Waals surface area contributed by atoms with Crippen LogP contribution in [0.2, 0.25) is 0 Å². The number of nitrogens with zero attached hydrogens (tertiary/aromatic N) is 4. The second-order valence-corrected chi connectivity index (χ2v) is 3.78. The maximum absolute atomic E-state index is 4.48. The number of aromatic amines is 1. The second-order valence-electron chi connectivity index (χ2n) is 3.78. The zero-order chi connectivity index (χ0) is 11.5. The van der Waals surface area contributed by atoms with Crippen molar-refractivity contribution in [2.75, 3.05) is 19.0 Å². The first-order valence-corrected chi connectivity index (χ1v) is 5.25. The Labute approximate surface area is 94.5 Å². The molecular formula is C11H15N5. The van der Waals surface area contributed by atoms with Gasteiger partial charge in [-0.3, -0.25) is 5.10 Å². The lowest BCUT2D eigenvalue weighted by atomic mass is 10.2. The lowest BCUT2D eigenvalue weighted by Crippen LogP contribution is -2.14. The fraction of sp³-hybridized carbons (Fsp3) is 0.364. The summed E-state index contributed by atoms with van der Waals surface area (Å²) in [6, 6.07) is 2.00. The molecule has 16 heavy (non-hydrogen) atoms. The third-order valence-electron chi connectivity index (χ3n) is 2.32. The molecular weight excluding hydrogens is 202 g/mol. The highest BCUT2D eigenvalue weighted by molar-refractivity contribution is 5.58.